The molecule has 0 radical (unpaired) electrons. The van der Waals surface area contributed by atoms with Gasteiger partial charge >= 0.3 is 0 Å². The van der Waals surface area contributed by atoms with Crippen molar-refractivity contribution in [1.82, 2.24) is 10.6 Å². The van der Waals surface area contributed by atoms with E-state index in [1.54, 1.807) is 7.11 Å². The number of methoxy groups -OCH3 is 1. The number of carbonyl (C=O) groups excluding carboxylic acids is 1. The average Bonchev–Trinajstić information content (AvgIpc) is 2.46. The number of piperidine rings is 1. The lowest BCUT2D eigenvalue weighted by Crippen LogP contribution is -2.48. The molecule has 2 unspecified atom stereocenters. The maximum Gasteiger partial charge on any atom is 0.237 e. The van der Waals surface area contributed by atoms with Crippen molar-refractivity contribution in [1.29, 1.82) is 0 Å². The third kappa shape index (κ3) is 6.89. The van der Waals surface area contributed by atoms with Crippen LogP contribution in [0.15, 0.2) is 0 Å². The van der Waals surface area contributed by atoms with Crippen LogP contribution < -0.4 is 10.6 Å². The molecule has 2 atom stereocenters. The van der Waals surface area contributed by atoms with Gasteiger partial charge in [-0.25, -0.2) is 0 Å². The van der Waals surface area contributed by atoms with Crippen LogP contribution in [0.4, 0.5) is 0 Å². The molecule has 2 N–H and O–H groups in total. The Balaban J connectivity index is 2.04. The average molecular weight is 272 g/mol. The van der Waals surface area contributed by atoms with Gasteiger partial charge in [0, 0.05) is 20.3 Å². The standard InChI is InChI=1S/C14H28N2O3/c1-3-12-5-7-15-13(11-12)14(17)16-6-4-8-19-10-9-18-2/h12-13,15H,3-11H2,1-2H3,(H,16,17). The number of nitrogens with one attached hydrogen (secondary N) is 2. The van der Waals surface area contributed by atoms with Gasteiger partial charge in [0.05, 0.1) is 19.3 Å². The number of carbonyl (C=O) groups is 1. The van der Waals surface area contributed by atoms with Crippen LogP contribution >= 0.6 is 0 Å². The SMILES string of the molecule is CCC1CCNC(C(=O)NCCCOCCOC)C1. The number of hydrogen-bond donors (Lipinski definition) is 2. The maximum atomic E-state index is 12.0. The van der Waals surface area contributed by atoms with E-state index in [9.17, 15) is 4.79 Å². The molecule has 1 aliphatic heterocycles. The second kappa shape index (κ2) is 10.2. The van der Waals surface area contributed by atoms with E-state index in [0.29, 0.717) is 32.3 Å². The topological polar surface area (TPSA) is 59.6 Å². The van der Waals surface area contributed by atoms with Crippen LogP contribution in [0.1, 0.15) is 32.6 Å². The lowest BCUT2D eigenvalue weighted by atomic mass is 9.90. The molecule has 0 saturated carbocycles. The number of ether oxygens (including phenoxy) is 2. The zero-order chi connectivity index (χ0) is 13.9. The monoisotopic (exact) mass is 272 g/mol. The fourth-order valence-electron chi connectivity index (χ4n) is 2.32. The van der Waals surface area contributed by atoms with Crippen LogP contribution in [0.5, 0.6) is 0 Å². The smallest absolute Gasteiger partial charge is 0.237 e. The highest BCUT2D eigenvalue weighted by Crippen LogP contribution is 2.19. The Kier molecular flexibility index (Phi) is 8.79. The third-order valence-corrected chi connectivity index (χ3v) is 3.60. The van der Waals surface area contributed by atoms with Gasteiger partial charge in [0.15, 0.2) is 0 Å². The minimum absolute atomic E-state index is 0.00638. The van der Waals surface area contributed by atoms with Crippen LogP contribution in [0, 0.1) is 5.92 Å². The van der Waals surface area contributed by atoms with E-state index >= 15 is 0 Å². The van der Waals surface area contributed by atoms with E-state index in [-0.39, 0.29) is 11.9 Å². The molecule has 0 aromatic carbocycles. The lowest BCUT2D eigenvalue weighted by Gasteiger charge is -2.28. The number of hydrogen-bond acceptors (Lipinski definition) is 4. The Hall–Kier alpha value is -0.650. The largest absolute Gasteiger partial charge is 0.382 e. The normalized spacial score (nSPS) is 23.3. The molecule has 0 bridgehead atoms. The van der Waals surface area contributed by atoms with Gasteiger partial charge in [0.1, 0.15) is 0 Å². The highest BCUT2D eigenvalue weighted by atomic mass is 16.5. The van der Waals surface area contributed by atoms with E-state index in [1.165, 1.54) is 12.8 Å². The van der Waals surface area contributed by atoms with Crippen molar-refractivity contribution in [2.45, 2.75) is 38.6 Å². The molecule has 0 aliphatic carbocycles. The fraction of sp³-hybridized carbons (Fsp3) is 0.929. The van der Waals surface area contributed by atoms with Crippen LogP contribution in [0.2, 0.25) is 0 Å². The van der Waals surface area contributed by atoms with Crippen molar-refractivity contribution in [3.05, 3.63) is 0 Å². The molecule has 1 aliphatic rings. The predicted octanol–water partition coefficient (Wildman–Crippen LogP) is 0.934. The molecule has 1 heterocycles. The first-order chi connectivity index (χ1) is 9.27. The second-order valence-corrected chi connectivity index (χ2v) is 5.06. The first kappa shape index (κ1) is 16.4. The number of amides is 1. The quantitative estimate of drug-likeness (QED) is 0.613. The Morgan fingerprint density at radius 2 is 2.21 bits per heavy atom. The molecule has 19 heavy (non-hydrogen) atoms. The molecular formula is C14H28N2O3. The van der Waals surface area contributed by atoms with Gasteiger partial charge in [-0.05, 0) is 31.7 Å². The molecule has 1 rings (SSSR count). The zero-order valence-electron chi connectivity index (χ0n) is 12.2. The summed E-state index contributed by atoms with van der Waals surface area (Å²) in [6.45, 7) is 5.74. The zero-order valence-corrected chi connectivity index (χ0v) is 12.2. The predicted molar refractivity (Wildman–Crippen MR) is 75.1 cm³/mol. The summed E-state index contributed by atoms with van der Waals surface area (Å²) in [4.78, 5) is 12.0. The highest BCUT2D eigenvalue weighted by Gasteiger charge is 2.25. The van der Waals surface area contributed by atoms with Gasteiger partial charge in [-0.15, -0.1) is 0 Å². The van der Waals surface area contributed by atoms with E-state index in [1.807, 2.05) is 0 Å². The van der Waals surface area contributed by atoms with Crippen LogP contribution in [0.25, 0.3) is 0 Å². The van der Waals surface area contributed by atoms with E-state index < -0.39 is 0 Å². The van der Waals surface area contributed by atoms with Crippen molar-refractivity contribution in [3.8, 4) is 0 Å². The first-order valence-corrected chi connectivity index (χ1v) is 7.35. The summed E-state index contributed by atoms with van der Waals surface area (Å²) in [6, 6.07) is -0.00638. The van der Waals surface area contributed by atoms with Crippen LogP contribution in [0.3, 0.4) is 0 Å². The molecule has 0 aromatic rings. The van der Waals surface area contributed by atoms with E-state index in [4.69, 9.17) is 9.47 Å². The van der Waals surface area contributed by atoms with Crippen LogP contribution in [-0.2, 0) is 14.3 Å². The van der Waals surface area contributed by atoms with E-state index in [0.717, 1.165) is 19.4 Å². The summed E-state index contributed by atoms with van der Waals surface area (Å²) in [5, 5.41) is 6.27. The van der Waals surface area contributed by atoms with Gasteiger partial charge in [-0.2, -0.15) is 0 Å². The molecule has 5 nitrogen and oxygen atoms in total. The van der Waals surface area contributed by atoms with Crippen LogP contribution in [-0.4, -0.2) is 52.0 Å². The van der Waals surface area contributed by atoms with Crippen molar-refractivity contribution < 1.29 is 14.3 Å². The van der Waals surface area contributed by atoms with Crippen molar-refractivity contribution >= 4 is 5.91 Å². The lowest BCUT2D eigenvalue weighted by molar-refractivity contribution is -0.124. The Morgan fingerprint density at radius 1 is 1.37 bits per heavy atom. The highest BCUT2D eigenvalue weighted by molar-refractivity contribution is 5.81. The summed E-state index contributed by atoms with van der Waals surface area (Å²) < 4.78 is 10.2. The molecule has 1 fully saturated rings. The molecule has 0 aromatic heterocycles. The third-order valence-electron chi connectivity index (χ3n) is 3.60. The van der Waals surface area contributed by atoms with Crippen molar-refractivity contribution in [2.75, 3.05) is 40.0 Å². The molecule has 0 spiro atoms. The van der Waals surface area contributed by atoms with Crippen molar-refractivity contribution in [3.63, 3.8) is 0 Å². The van der Waals surface area contributed by atoms with E-state index in [2.05, 4.69) is 17.6 Å². The summed E-state index contributed by atoms with van der Waals surface area (Å²) in [6.07, 6.45) is 4.17. The summed E-state index contributed by atoms with van der Waals surface area (Å²) >= 11 is 0. The maximum absolute atomic E-state index is 12.0. The van der Waals surface area contributed by atoms with Gasteiger partial charge < -0.3 is 20.1 Å². The van der Waals surface area contributed by atoms with Gasteiger partial charge in [-0.1, -0.05) is 13.3 Å². The molecule has 112 valence electrons. The van der Waals surface area contributed by atoms with Gasteiger partial charge in [0.2, 0.25) is 5.91 Å². The summed E-state index contributed by atoms with van der Waals surface area (Å²) in [5.41, 5.74) is 0. The summed E-state index contributed by atoms with van der Waals surface area (Å²) in [7, 11) is 1.66. The number of rotatable bonds is 9. The molecule has 5 heteroatoms. The van der Waals surface area contributed by atoms with Gasteiger partial charge in [0.25, 0.3) is 0 Å². The Morgan fingerprint density at radius 3 is 2.95 bits per heavy atom. The second-order valence-electron chi connectivity index (χ2n) is 5.06. The Bertz CT molecular complexity index is 249. The first-order valence-electron chi connectivity index (χ1n) is 7.35. The molecular weight excluding hydrogens is 244 g/mol. The minimum Gasteiger partial charge on any atom is -0.382 e. The van der Waals surface area contributed by atoms with Crippen molar-refractivity contribution in [2.24, 2.45) is 5.92 Å². The minimum atomic E-state index is -0.00638. The fourth-order valence-corrected chi connectivity index (χ4v) is 2.32. The molecule has 1 saturated heterocycles. The Labute approximate surface area is 116 Å². The molecule has 1 amide bonds. The van der Waals surface area contributed by atoms with Gasteiger partial charge in [-0.3, -0.25) is 4.79 Å². The summed E-state index contributed by atoms with van der Waals surface area (Å²) in [5.74, 6) is 0.824.